The summed E-state index contributed by atoms with van der Waals surface area (Å²) in [5, 5.41) is 0. The lowest BCUT2D eigenvalue weighted by Gasteiger charge is -2.38. The molecule has 4 nitrogen and oxygen atoms in total. The van der Waals surface area contributed by atoms with Crippen molar-refractivity contribution in [3.63, 3.8) is 0 Å². The summed E-state index contributed by atoms with van der Waals surface area (Å²) < 4.78 is 4.41. The molecule has 0 bridgehead atoms. The number of hydrogen-bond donors (Lipinski definition) is 0. The van der Waals surface area contributed by atoms with Crippen LogP contribution in [0.15, 0.2) is 0 Å². The molecule has 0 aliphatic carbocycles. The first-order chi connectivity index (χ1) is 7.02. The average molecular weight is 213 g/mol. The summed E-state index contributed by atoms with van der Waals surface area (Å²) in [4.78, 5) is 24.1. The summed E-state index contributed by atoms with van der Waals surface area (Å²) in [5.41, 5.74) is 0.326. The first-order valence-corrected chi connectivity index (χ1v) is 5.39. The molecule has 0 aromatic rings. The highest BCUT2D eigenvalue weighted by atomic mass is 16.5. The van der Waals surface area contributed by atoms with E-state index in [0.29, 0.717) is 18.5 Å². The molecule has 1 aliphatic heterocycles. The zero-order valence-electron chi connectivity index (χ0n) is 9.71. The minimum Gasteiger partial charge on any atom is -0.462 e. The third-order valence-corrected chi connectivity index (χ3v) is 3.47. The van der Waals surface area contributed by atoms with Crippen molar-refractivity contribution in [3.8, 4) is 0 Å². The van der Waals surface area contributed by atoms with Crippen molar-refractivity contribution in [2.24, 2.45) is 5.41 Å². The van der Waals surface area contributed by atoms with Gasteiger partial charge in [-0.05, 0) is 18.3 Å². The Morgan fingerprint density at radius 3 is 2.27 bits per heavy atom. The third kappa shape index (κ3) is 2.70. The SMILES string of the molecule is CCC1(C)CCN(C(=O)C(=O)OC)CC1. The molecule has 1 aliphatic rings. The predicted molar refractivity (Wildman–Crippen MR) is 56.2 cm³/mol. The van der Waals surface area contributed by atoms with E-state index in [-0.39, 0.29) is 0 Å². The monoisotopic (exact) mass is 213 g/mol. The molecule has 4 heteroatoms. The molecule has 86 valence electrons. The van der Waals surface area contributed by atoms with E-state index in [1.54, 1.807) is 4.90 Å². The zero-order valence-corrected chi connectivity index (χ0v) is 9.71. The smallest absolute Gasteiger partial charge is 0.396 e. The van der Waals surface area contributed by atoms with Crippen molar-refractivity contribution in [2.45, 2.75) is 33.1 Å². The second-order valence-corrected chi connectivity index (χ2v) is 4.45. The second kappa shape index (κ2) is 4.64. The standard InChI is InChI=1S/C11H19NO3/c1-4-11(2)5-7-12(8-6-11)9(13)10(14)15-3/h4-8H2,1-3H3. The maximum absolute atomic E-state index is 11.5. The highest BCUT2D eigenvalue weighted by molar-refractivity contribution is 6.32. The molecular weight excluding hydrogens is 194 g/mol. The highest BCUT2D eigenvalue weighted by Crippen LogP contribution is 2.33. The van der Waals surface area contributed by atoms with E-state index in [1.807, 2.05) is 0 Å². The molecule has 0 atom stereocenters. The van der Waals surface area contributed by atoms with Gasteiger partial charge in [0, 0.05) is 13.1 Å². The van der Waals surface area contributed by atoms with Crippen molar-refractivity contribution >= 4 is 11.9 Å². The Balaban J connectivity index is 2.51. The number of hydrogen-bond acceptors (Lipinski definition) is 3. The van der Waals surface area contributed by atoms with Crippen molar-refractivity contribution in [1.29, 1.82) is 0 Å². The zero-order chi connectivity index (χ0) is 11.5. The van der Waals surface area contributed by atoms with Gasteiger partial charge in [-0.2, -0.15) is 0 Å². The lowest BCUT2D eigenvalue weighted by atomic mass is 9.78. The molecule has 1 rings (SSSR count). The van der Waals surface area contributed by atoms with Gasteiger partial charge in [0.25, 0.3) is 0 Å². The van der Waals surface area contributed by atoms with Gasteiger partial charge >= 0.3 is 11.9 Å². The average Bonchev–Trinajstić information content (AvgIpc) is 2.28. The molecule has 0 N–H and O–H groups in total. The normalized spacial score (nSPS) is 19.8. The third-order valence-electron chi connectivity index (χ3n) is 3.47. The lowest BCUT2D eigenvalue weighted by molar-refractivity contribution is -0.159. The van der Waals surface area contributed by atoms with Crippen LogP contribution in [-0.2, 0) is 14.3 Å². The van der Waals surface area contributed by atoms with Crippen LogP contribution in [0.1, 0.15) is 33.1 Å². The number of amides is 1. The topological polar surface area (TPSA) is 46.6 Å². The molecule has 0 radical (unpaired) electrons. The van der Waals surface area contributed by atoms with Crippen molar-refractivity contribution in [1.82, 2.24) is 4.90 Å². The Bertz CT molecular complexity index is 255. The number of rotatable bonds is 1. The van der Waals surface area contributed by atoms with Gasteiger partial charge in [0.1, 0.15) is 0 Å². The van der Waals surface area contributed by atoms with Crippen LogP contribution < -0.4 is 0 Å². The lowest BCUT2D eigenvalue weighted by Crippen LogP contribution is -2.45. The molecule has 1 saturated heterocycles. The number of carbonyl (C=O) groups excluding carboxylic acids is 2. The van der Waals surface area contributed by atoms with Crippen molar-refractivity contribution in [2.75, 3.05) is 20.2 Å². The van der Waals surface area contributed by atoms with Crippen LogP contribution in [0.5, 0.6) is 0 Å². The van der Waals surface area contributed by atoms with Gasteiger partial charge in [0.2, 0.25) is 0 Å². The number of likely N-dealkylation sites (tertiary alicyclic amines) is 1. The van der Waals surface area contributed by atoms with Gasteiger partial charge in [-0.1, -0.05) is 20.3 Å². The van der Waals surface area contributed by atoms with E-state index >= 15 is 0 Å². The molecule has 1 amide bonds. The van der Waals surface area contributed by atoms with E-state index in [9.17, 15) is 9.59 Å². The highest BCUT2D eigenvalue weighted by Gasteiger charge is 2.32. The Kier molecular flexibility index (Phi) is 3.72. The number of ether oxygens (including phenoxy) is 1. The van der Waals surface area contributed by atoms with E-state index in [1.165, 1.54) is 7.11 Å². The van der Waals surface area contributed by atoms with Gasteiger partial charge in [0.15, 0.2) is 0 Å². The van der Waals surface area contributed by atoms with Gasteiger partial charge in [-0.25, -0.2) is 4.79 Å². The molecular formula is C11H19NO3. The van der Waals surface area contributed by atoms with Crippen LogP contribution in [0.4, 0.5) is 0 Å². The maximum Gasteiger partial charge on any atom is 0.396 e. The largest absolute Gasteiger partial charge is 0.462 e. The quantitative estimate of drug-likeness (QED) is 0.485. The van der Waals surface area contributed by atoms with E-state index in [4.69, 9.17) is 0 Å². The fraction of sp³-hybridized carbons (Fsp3) is 0.818. The van der Waals surface area contributed by atoms with Crippen molar-refractivity contribution in [3.05, 3.63) is 0 Å². The molecule has 0 aromatic heterocycles. The molecule has 0 aromatic carbocycles. The summed E-state index contributed by atoms with van der Waals surface area (Å²) in [6.07, 6.45) is 3.05. The van der Waals surface area contributed by atoms with Crippen LogP contribution in [0, 0.1) is 5.41 Å². The summed E-state index contributed by atoms with van der Waals surface area (Å²) in [5.74, 6) is -1.26. The minimum absolute atomic E-state index is 0.326. The molecule has 1 heterocycles. The summed E-state index contributed by atoms with van der Waals surface area (Å²) >= 11 is 0. The van der Waals surface area contributed by atoms with Gasteiger partial charge < -0.3 is 9.64 Å². The number of carbonyl (C=O) groups is 2. The fourth-order valence-corrected chi connectivity index (χ4v) is 1.82. The Hall–Kier alpha value is -1.06. The number of nitrogens with zero attached hydrogens (tertiary/aromatic N) is 1. The summed E-state index contributed by atoms with van der Waals surface area (Å²) in [6, 6.07) is 0. The van der Waals surface area contributed by atoms with Gasteiger partial charge in [0.05, 0.1) is 7.11 Å². The predicted octanol–water partition coefficient (Wildman–Crippen LogP) is 1.20. The van der Waals surface area contributed by atoms with Crippen molar-refractivity contribution < 1.29 is 14.3 Å². The molecule has 0 saturated carbocycles. The Morgan fingerprint density at radius 1 is 1.33 bits per heavy atom. The van der Waals surface area contributed by atoms with Gasteiger partial charge in [-0.15, -0.1) is 0 Å². The van der Waals surface area contributed by atoms with Gasteiger partial charge in [-0.3, -0.25) is 4.79 Å². The first kappa shape index (κ1) is 12.0. The molecule has 1 fully saturated rings. The second-order valence-electron chi connectivity index (χ2n) is 4.45. The van der Waals surface area contributed by atoms with Crippen LogP contribution in [-0.4, -0.2) is 37.0 Å². The van der Waals surface area contributed by atoms with Crippen LogP contribution in [0.2, 0.25) is 0 Å². The van der Waals surface area contributed by atoms with E-state index in [0.717, 1.165) is 19.3 Å². The first-order valence-electron chi connectivity index (χ1n) is 5.39. The maximum atomic E-state index is 11.5. The van der Waals surface area contributed by atoms with Crippen LogP contribution in [0.3, 0.4) is 0 Å². The van der Waals surface area contributed by atoms with E-state index in [2.05, 4.69) is 18.6 Å². The Labute approximate surface area is 90.6 Å². The molecule has 0 spiro atoms. The fourth-order valence-electron chi connectivity index (χ4n) is 1.82. The number of piperidine rings is 1. The minimum atomic E-state index is -0.755. The number of esters is 1. The summed E-state index contributed by atoms with van der Waals surface area (Å²) in [7, 11) is 1.24. The van der Waals surface area contributed by atoms with Crippen LogP contribution in [0.25, 0.3) is 0 Å². The number of methoxy groups -OCH3 is 1. The Morgan fingerprint density at radius 2 is 1.87 bits per heavy atom. The molecule has 0 unspecified atom stereocenters. The van der Waals surface area contributed by atoms with E-state index < -0.39 is 11.9 Å². The van der Waals surface area contributed by atoms with Crippen LogP contribution >= 0.6 is 0 Å². The molecule has 15 heavy (non-hydrogen) atoms. The summed E-state index contributed by atoms with van der Waals surface area (Å²) in [6.45, 7) is 5.72.